The molecule has 0 aliphatic carbocycles. The molecule has 1 unspecified atom stereocenters. The van der Waals surface area contributed by atoms with Gasteiger partial charge in [-0.1, -0.05) is 6.07 Å². The number of nitrogens with one attached hydrogen (secondary N) is 2. The molecule has 0 spiro atoms. The van der Waals surface area contributed by atoms with Crippen molar-refractivity contribution in [1.82, 2.24) is 20.5 Å². The number of guanidine groups is 1. The van der Waals surface area contributed by atoms with Crippen molar-refractivity contribution in [3.8, 4) is 0 Å². The van der Waals surface area contributed by atoms with Crippen molar-refractivity contribution in [3.63, 3.8) is 0 Å². The number of hydrogen-bond acceptors (Lipinski definition) is 3. The number of hydrogen-bond donors (Lipinski definition) is 2. The molecule has 1 aliphatic heterocycles. The highest BCUT2D eigenvalue weighted by molar-refractivity contribution is 5.79. The van der Waals surface area contributed by atoms with Gasteiger partial charge in [0.15, 0.2) is 5.96 Å². The minimum absolute atomic E-state index is 0.699. The van der Waals surface area contributed by atoms with E-state index in [2.05, 4.69) is 32.6 Å². The maximum Gasteiger partial charge on any atom is 0.191 e. The molecule has 2 heterocycles. The molecular weight excluding hydrogens is 250 g/mol. The number of nitrogens with zero attached hydrogens (tertiary/aromatic N) is 3. The van der Waals surface area contributed by atoms with Crippen LogP contribution in [-0.4, -0.2) is 49.6 Å². The molecule has 0 amide bonds. The van der Waals surface area contributed by atoms with Crippen molar-refractivity contribution < 1.29 is 0 Å². The van der Waals surface area contributed by atoms with Crippen LogP contribution < -0.4 is 10.6 Å². The lowest BCUT2D eigenvalue weighted by atomic mass is 9.99. The Morgan fingerprint density at radius 1 is 1.45 bits per heavy atom. The molecule has 0 radical (unpaired) electrons. The van der Waals surface area contributed by atoms with Crippen LogP contribution in [0.2, 0.25) is 0 Å². The Morgan fingerprint density at radius 3 is 3.05 bits per heavy atom. The standard InChI is InChI=1S/C15H25N5/c1-16-15(19-11-14-7-3-4-8-17-14)18-10-13-6-5-9-20(2)12-13/h3-4,7-8,13H,5-6,9-12H2,1-2H3,(H2,16,18,19). The predicted octanol–water partition coefficient (Wildman–Crippen LogP) is 1.09. The van der Waals surface area contributed by atoms with Gasteiger partial charge in [-0.15, -0.1) is 0 Å². The second-order valence-corrected chi connectivity index (χ2v) is 5.40. The van der Waals surface area contributed by atoms with E-state index in [9.17, 15) is 0 Å². The fourth-order valence-corrected chi connectivity index (χ4v) is 2.58. The van der Waals surface area contributed by atoms with Crippen LogP contribution in [0, 0.1) is 5.92 Å². The van der Waals surface area contributed by atoms with Gasteiger partial charge in [0.05, 0.1) is 12.2 Å². The first kappa shape index (κ1) is 14.8. The van der Waals surface area contributed by atoms with Gasteiger partial charge < -0.3 is 15.5 Å². The summed E-state index contributed by atoms with van der Waals surface area (Å²) in [6.45, 7) is 4.07. The summed E-state index contributed by atoms with van der Waals surface area (Å²) < 4.78 is 0. The second-order valence-electron chi connectivity index (χ2n) is 5.40. The zero-order valence-electron chi connectivity index (χ0n) is 12.5. The number of likely N-dealkylation sites (tertiary alicyclic amines) is 1. The fraction of sp³-hybridized carbons (Fsp3) is 0.600. The number of piperidine rings is 1. The first-order chi connectivity index (χ1) is 9.78. The first-order valence-electron chi connectivity index (χ1n) is 7.31. The molecular formula is C15H25N5. The van der Waals surface area contributed by atoms with Crippen molar-refractivity contribution in [2.24, 2.45) is 10.9 Å². The van der Waals surface area contributed by atoms with Crippen LogP contribution in [0.1, 0.15) is 18.5 Å². The second kappa shape index (κ2) is 7.85. The summed E-state index contributed by atoms with van der Waals surface area (Å²) in [6.07, 6.45) is 4.41. The Bertz CT molecular complexity index is 418. The van der Waals surface area contributed by atoms with Gasteiger partial charge in [-0.05, 0) is 44.5 Å². The molecule has 0 saturated carbocycles. The molecule has 1 aromatic heterocycles. The fourth-order valence-electron chi connectivity index (χ4n) is 2.58. The van der Waals surface area contributed by atoms with Crippen molar-refractivity contribution in [2.45, 2.75) is 19.4 Å². The maximum atomic E-state index is 4.29. The lowest BCUT2D eigenvalue weighted by Gasteiger charge is -2.30. The lowest BCUT2D eigenvalue weighted by molar-refractivity contribution is 0.210. The Kier molecular flexibility index (Phi) is 5.80. The van der Waals surface area contributed by atoms with E-state index >= 15 is 0 Å². The highest BCUT2D eigenvalue weighted by atomic mass is 15.2. The van der Waals surface area contributed by atoms with Crippen molar-refractivity contribution in [1.29, 1.82) is 0 Å². The van der Waals surface area contributed by atoms with Crippen LogP contribution >= 0.6 is 0 Å². The number of aromatic nitrogens is 1. The van der Waals surface area contributed by atoms with Gasteiger partial charge >= 0.3 is 0 Å². The van der Waals surface area contributed by atoms with E-state index in [1.54, 1.807) is 7.05 Å². The van der Waals surface area contributed by atoms with Crippen LogP contribution in [0.4, 0.5) is 0 Å². The van der Waals surface area contributed by atoms with E-state index in [1.165, 1.54) is 25.9 Å². The molecule has 1 fully saturated rings. The topological polar surface area (TPSA) is 52.6 Å². The number of aliphatic imine (C=N–C) groups is 1. The van der Waals surface area contributed by atoms with E-state index in [0.29, 0.717) is 12.5 Å². The smallest absolute Gasteiger partial charge is 0.191 e. The van der Waals surface area contributed by atoms with Crippen LogP contribution in [0.3, 0.4) is 0 Å². The summed E-state index contributed by atoms with van der Waals surface area (Å²) >= 11 is 0. The van der Waals surface area contributed by atoms with E-state index in [-0.39, 0.29) is 0 Å². The Balaban J connectivity index is 1.72. The van der Waals surface area contributed by atoms with Gasteiger partial charge in [0, 0.05) is 26.3 Å². The molecule has 110 valence electrons. The van der Waals surface area contributed by atoms with E-state index in [4.69, 9.17) is 0 Å². The highest BCUT2D eigenvalue weighted by Crippen LogP contribution is 2.13. The normalized spacial score (nSPS) is 20.7. The zero-order valence-corrected chi connectivity index (χ0v) is 12.5. The molecule has 1 atom stereocenters. The molecule has 0 aromatic carbocycles. The van der Waals surface area contributed by atoms with Gasteiger partial charge in [-0.3, -0.25) is 9.98 Å². The van der Waals surface area contributed by atoms with Gasteiger partial charge in [0.1, 0.15) is 0 Å². The summed E-state index contributed by atoms with van der Waals surface area (Å²) in [5.74, 6) is 1.56. The third-order valence-electron chi connectivity index (χ3n) is 3.67. The van der Waals surface area contributed by atoms with Crippen molar-refractivity contribution >= 4 is 5.96 Å². The first-order valence-corrected chi connectivity index (χ1v) is 7.31. The van der Waals surface area contributed by atoms with Crippen LogP contribution in [0.15, 0.2) is 29.4 Å². The Labute approximate surface area is 121 Å². The third kappa shape index (κ3) is 4.81. The van der Waals surface area contributed by atoms with Crippen LogP contribution in [0.25, 0.3) is 0 Å². The van der Waals surface area contributed by atoms with Crippen LogP contribution in [0.5, 0.6) is 0 Å². The van der Waals surface area contributed by atoms with Gasteiger partial charge in [-0.25, -0.2) is 0 Å². The largest absolute Gasteiger partial charge is 0.356 e. The van der Waals surface area contributed by atoms with E-state index < -0.39 is 0 Å². The third-order valence-corrected chi connectivity index (χ3v) is 3.67. The van der Waals surface area contributed by atoms with Gasteiger partial charge in [0.25, 0.3) is 0 Å². The average Bonchev–Trinajstić information content (AvgIpc) is 2.48. The quantitative estimate of drug-likeness (QED) is 0.638. The summed E-state index contributed by atoms with van der Waals surface area (Å²) in [5.41, 5.74) is 1.02. The van der Waals surface area contributed by atoms with Gasteiger partial charge in [0.2, 0.25) is 0 Å². The van der Waals surface area contributed by atoms with Gasteiger partial charge in [-0.2, -0.15) is 0 Å². The number of rotatable bonds is 4. The highest BCUT2D eigenvalue weighted by Gasteiger charge is 2.17. The van der Waals surface area contributed by atoms with E-state index in [1.807, 2.05) is 24.4 Å². The lowest BCUT2D eigenvalue weighted by Crippen LogP contribution is -2.43. The monoisotopic (exact) mass is 275 g/mol. The molecule has 1 saturated heterocycles. The summed E-state index contributed by atoms with van der Waals surface area (Å²) in [6, 6.07) is 5.94. The summed E-state index contributed by atoms with van der Waals surface area (Å²) in [4.78, 5) is 11.0. The van der Waals surface area contributed by atoms with Crippen molar-refractivity contribution in [3.05, 3.63) is 30.1 Å². The van der Waals surface area contributed by atoms with Crippen molar-refractivity contribution in [2.75, 3.05) is 33.7 Å². The summed E-state index contributed by atoms with van der Waals surface area (Å²) in [7, 11) is 4.00. The maximum absolute atomic E-state index is 4.29. The predicted molar refractivity (Wildman–Crippen MR) is 82.7 cm³/mol. The molecule has 5 nitrogen and oxygen atoms in total. The molecule has 5 heteroatoms. The minimum Gasteiger partial charge on any atom is -0.356 e. The molecule has 1 aromatic rings. The zero-order chi connectivity index (χ0) is 14.2. The number of pyridine rings is 1. The molecule has 20 heavy (non-hydrogen) atoms. The SMILES string of the molecule is CN=C(NCc1ccccn1)NCC1CCCN(C)C1. The Hall–Kier alpha value is -1.62. The summed E-state index contributed by atoms with van der Waals surface area (Å²) in [5, 5.41) is 6.71. The van der Waals surface area contributed by atoms with E-state index in [0.717, 1.165) is 18.2 Å². The Morgan fingerprint density at radius 2 is 2.35 bits per heavy atom. The molecule has 2 rings (SSSR count). The minimum atomic E-state index is 0.699. The van der Waals surface area contributed by atoms with Crippen LogP contribution in [-0.2, 0) is 6.54 Å². The molecule has 0 bridgehead atoms. The average molecular weight is 275 g/mol. The molecule has 2 N–H and O–H groups in total. The molecule has 1 aliphatic rings.